The number of aryl methyl sites for hydroxylation is 1. The highest BCUT2D eigenvalue weighted by atomic mass is 32.1. The zero-order chi connectivity index (χ0) is 10.8. The monoisotopic (exact) mass is 225 g/mol. The van der Waals surface area contributed by atoms with E-state index >= 15 is 0 Å². The van der Waals surface area contributed by atoms with Crippen LogP contribution in [0.15, 0.2) is 11.4 Å². The Balaban J connectivity index is 2.03. The summed E-state index contributed by atoms with van der Waals surface area (Å²) in [7, 11) is 0. The SMILES string of the molecule is CCc1ccsc1C(=O)N1CC(CO)C1. The van der Waals surface area contributed by atoms with Crippen LogP contribution < -0.4 is 0 Å². The van der Waals surface area contributed by atoms with E-state index in [1.54, 1.807) is 0 Å². The highest BCUT2D eigenvalue weighted by Crippen LogP contribution is 2.24. The predicted octanol–water partition coefficient (Wildman–Crippen LogP) is 1.37. The van der Waals surface area contributed by atoms with Crippen LogP contribution in [0.25, 0.3) is 0 Å². The van der Waals surface area contributed by atoms with Gasteiger partial charge in [0.2, 0.25) is 0 Å². The molecule has 0 atom stereocenters. The first kappa shape index (κ1) is 10.6. The number of likely N-dealkylation sites (tertiary alicyclic amines) is 1. The van der Waals surface area contributed by atoms with Gasteiger partial charge in [0.25, 0.3) is 5.91 Å². The molecule has 0 aromatic carbocycles. The minimum absolute atomic E-state index is 0.131. The van der Waals surface area contributed by atoms with Gasteiger partial charge in [-0.25, -0.2) is 0 Å². The average Bonchev–Trinajstić information content (AvgIpc) is 2.63. The van der Waals surface area contributed by atoms with E-state index < -0.39 is 0 Å². The molecule has 2 heterocycles. The van der Waals surface area contributed by atoms with Gasteiger partial charge in [-0.2, -0.15) is 0 Å². The Morgan fingerprint density at radius 3 is 3.00 bits per heavy atom. The number of aliphatic hydroxyl groups excluding tert-OH is 1. The van der Waals surface area contributed by atoms with Crippen LogP contribution in [-0.2, 0) is 6.42 Å². The molecule has 1 N–H and O–H groups in total. The summed E-state index contributed by atoms with van der Waals surface area (Å²) < 4.78 is 0. The summed E-state index contributed by atoms with van der Waals surface area (Å²) in [5, 5.41) is 10.8. The molecule has 3 nitrogen and oxygen atoms in total. The lowest BCUT2D eigenvalue weighted by molar-refractivity contribution is 0.0365. The molecule has 0 radical (unpaired) electrons. The number of nitrogens with zero attached hydrogens (tertiary/aromatic N) is 1. The maximum absolute atomic E-state index is 12.0. The van der Waals surface area contributed by atoms with Crippen molar-refractivity contribution in [3.8, 4) is 0 Å². The molecule has 0 bridgehead atoms. The second kappa shape index (κ2) is 4.33. The fourth-order valence-corrected chi connectivity index (χ4v) is 2.76. The smallest absolute Gasteiger partial charge is 0.264 e. The van der Waals surface area contributed by atoms with E-state index in [0.29, 0.717) is 19.0 Å². The first-order chi connectivity index (χ1) is 7.26. The van der Waals surface area contributed by atoms with Gasteiger partial charge in [-0.15, -0.1) is 11.3 Å². The number of carbonyl (C=O) groups is 1. The third kappa shape index (κ3) is 1.92. The van der Waals surface area contributed by atoms with Crippen molar-refractivity contribution < 1.29 is 9.90 Å². The number of hydrogen-bond donors (Lipinski definition) is 1. The number of aliphatic hydroxyl groups is 1. The molecule has 1 aliphatic heterocycles. The number of thiophene rings is 1. The van der Waals surface area contributed by atoms with Gasteiger partial charge >= 0.3 is 0 Å². The second-order valence-electron chi connectivity index (χ2n) is 3.89. The van der Waals surface area contributed by atoms with Crippen molar-refractivity contribution in [3.05, 3.63) is 21.9 Å². The zero-order valence-corrected chi connectivity index (χ0v) is 9.59. The molecule has 0 saturated carbocycles. The molecule has 1 fully saturated rings. The molecule has 0 unspecified atom stereocenters. The van der Waals surface area contributed by atoms with Crippen LogP contribution in [0.1, 0.15) is 22.2 Å². The Hall–Kier alpha value is -0.870. The lowest BCUT2D eigenvalue weighted by atomic mass is 10.0. The Morgan fingerprint density at radius 2 is 2.40 bits per heavy atom. The van der Waals surface area contributed by atoms with Gasteiger partial charge in [-0.1, -0.05) is 6.92 Å². The van der Waals surface area contributed by atoms with E-state index in [1.165, 1.54) is 11.3 Å². The molecule has 4 heteroatoms. The van der Waals surface area contributed by atoms with Gasteiger partial charge in [-0.05, 0) is 23.4 Å². The number of amides is 1. The maximum atomic E-state index is 12.0. The number of rotatable bonds is 3. The van der Waals surface area contributed by atoms with Gasteiger partial charge in [-0.3, -0.25) is 4.79 Å². The summed E-state index contributed by atoms with van der Waals surface area (Å²) in [5.74, 6) is 0.422. The second-order valence-corrected chi connectivity index (χ2v) is 4.80. The number of hydrogen-bond acceptors (Lipinski definition) is 3. The Morgan fingerprint density at radius 1 is 1.67 bits per heavy atom. The summed E-state index contributed by atoms with van der Waals surface area (Å²) in [5.41, 5.74) is 1.14. The van der Waals surface area contributed by atoms with Crippen LogP contribution in [0.3, 0.4) is 0 Å². The predicted molar refractivity (Wildman–Crippen MR) is 60.2 cm³/mol. The Kier molecular flexibility index (Phi) is 3.07. The van der Waals surface area contributed by atoms with E-state index in [0.717, 1.165) is 16.9 Å². The van der Waals surface area contributed by atoms with Crippen molar-refractivity contribution in [2.45, 2.75) is 13.3 Å². The molecule has 1 amide bonds. The summed E-state index contributed by atoms with van der Waals surface area (Å²) >= 11 is 1.51. The largest absolute Gasteiger partial charge is 0.396 e. The van der Waals surface area contributed by atoms with Gasteiger partial charge in [0, 0.05) is 25.6 Å². The highest BCUT2D eigenvalue weighted by Gasteiger charge is 2.31. The van der Waals surface area contributed by atoms with Gasteiger partial charge in [0.15, 0.2) is 0 Å². The fraction of sp³-hybridized carbons (Fsp3) is 0.545. The van der Waals surface area contributed by atoms with Crippen LogP contribution in [-0.4, -0.2) is 35.6 Å². The fourth-order valence-electron chi connectivity index (χ4n) is 1.80. The van der Waals surface area contributed by atoms with Crippen molar-refractivity contribution in [3.63, 3.8) is 0 Å². The normalized spacial score (nSPS) is 16.5. The highest BCUT2D eigenvalue weighted by molar-refractivity contribution is 7.12. The summed E-state index contributed by atoms with van der Waals surface area (Å²) in [6, 6.07) is 2.02. The maximum Gasteiger partial charge on any atom is 0.264 e. The lowest BCUT2D eigenvalue weighted by Gasteiger charge is -2.38. The molecule has 1 aromatic heterocycles. The topological polar surface area (TPSA) is 40.5 Å². The molecular weight excluding hydrogens is 210 g/mol. The Labute approximate surface area is 93.3 Å². The van der Waals surface area contributed by atoms with Gasteiger partial charge in [0.1, 0.15) is 0 Å². The van der Waals surface area contributed by atoms with E-state index in [4.69, 9.17) is 5.11 Å². The standard InChI is InChI=1S/C11H15NO2S/c1-2-9-3-4-15-10(9)11(14)12-5-8(6-12)7-13/h3-4,8,13H,2,5-7H2,1H3. The first-order valence-electron chi connectivity index (χ1n) is 5.22. The third-order valence-electron chi connectivity index (χ3n) is 2.82. The van der Waals surface area contributed by atoms with Crippen LogP contribution in [0.2, 0.25) is 0 Å². The molecule has 15 heavy (non-hydrogen) atoms. The zero-order valence-electron chi connectivity index (χ0n) is 8.77. The number of carbonyl (C=O) groups excluding carboxylic acids is 1. The molecule has 0 aliphatic carbocycles. The molecule has 82 valence electrons. The summed E-state index contributed by atoms with van der Waals surface area (Å²) in [4.78, 5) is 14.7. The van der Waals surface area contributed by atoms with E-state index in [-0.39, 0.29) is 12.5 Å². The third-order valence-corrected chi connectivity index (χ3v) is 3.77. The molecular formula is C11H15NO2S. The van der Waals surface area contributed by atoms with E-state index in [9.17, 15) is 4.79 Å². The van der Waals surface area contributed by atoms with Crippen LogP contribution in [0, 0.1) is 5.92 Å². The minimum Gasteiger partial charge on any atom is -0.396 e. The lowest BCUT2D eigenvalue weighted by Crippen LogP contribution is -2.51. The van der Waals surface area contributed by atoms with Crippen LogP contribution in [0.4, 0.5) is 0 Å². The molecule has 1 aromatic rings. The Bertz CT molecular complexity index is 355. The first-order valence-corrected chi connectivity index (χ1v) is 6.10. The molecule has 1 aliphatic rings. The molecule has 0 spiro atoms. The van der Waals surface area contributed by atoms with Crippen molar-refractivity contribution in [1.29, 1.82) is 0 Å². The van der Waals surface area contributed by atoms with Crippen LogP contribution >= 0.6 is 11.3 Å². The van der Waals surface area contributed by atoms with Crippen molar-refractivity contribution in [2.24, 2.45) is 5.92 Å². The summed E-state index contributed by atoms with van der Waals surface area (Å²) in [6.45, 7) is 3.66. The van der Waals surface area contributed by atoms with Gasteiger partial charge < -0.3 is 10.0 Å². The summed E-state index contributed by atoms with van der Waals surface area (Å²) in [6.07, 6.45) is 0.905. The van der Waals surface area contributed by atoms with Crippen molar-refractivity contribution in [1.82, 2.24) is 4.90 Å². The quantitative estimate of drug-likeness (QED) is 0.844. The van der Waals surface area contributed by atoms with Crippen LogP contribution in [0.5, 0.6) is 0 Å². The van der Waals surface area contributed by atoms with Gasteiger partial charge in [0.05, 0.1) is 4.88 Å². The van der Waals surface area contributed by atoms with Crippen molar-refractivity contribution >= 4 is 17.2 Å². The van der Waals surface area contributed by atoms with E-state index in [2.05, 4.69) is 6.92 Å². The molecule has 1 saturated heterocycles. The molecule has 2 rings (SSSR count). The minimum atomic E-state index is 0.131. The average molecular weight is 225 g/mol. The van der Waals surface area contributed by atoms with E-state index in [1.807, 2.05) is 16.3 Å². The van der Waals surface area contributed by atoms with Crippen molar-refractivity contribution in [2.75, 3.05) is 19.7 Å².